The van der Waals surface area contributed by atoms with Crippen LogP contribution in [0.25, 0.3) is 0 Å². The Hall–Kier alpha value is -0.750. The predicted molar refractivity (Wildman–Crippen MR) is 76.4 cm³/mol. The monoisotopic (exact) mass is 343 g/mol. The molecule has 1 N–H and O–H groups in total. The van der Waals surface area contributed by atoms with Gasteiger partial charge >= 0.3 is 5.97 Å². The van der Waals surface area contributed by atoms with Crippen LogP contribution in [0, 0.1) is 0 Å². The molecular weight excluding hydrogens is 322 g/mol. The normalized spacial score (nSPS) is 19.0. The Balaban J connectivity index is 2.58. The van der Waals surface area contributed by atoms with Gasteiger partial charge in [-0.1, -0.05) is 0 Å². The summed E-state index contributed by atoms with van der Waals surface area (Å²) in [6.45, 7) is 0.363. The van der Waals surface area contributed by atoms with Crippen LogP contribution in [0.5, 0.6) is 0 Å². The molecule has 1 saturated heterocycles. The molecule has 1 aliphatic heterocycles. The van der Waals surface area contributed by atoms with Crippen molar-refractivity contribution in [3.05, 3.63) is 0 Å². The fraction of sp³-hybridized carbons (Fsp3) is 0.900. The molecule has 0 aliphatic carbocycles. The topological polar surface area (TPSA) is 115 Å². The lowest BCUT2D eigenvalue weighted by Gasteiger charge is -2.34. The van der Waals surface area contributed by atoms with Gasteiger partial charge in [0.05, 0.1) is 5.75 Å². The molecule has 0 unspecified atom stereocenters. The summed E-state index contributed by atoms with van der Waals surface area (Å²) in [5, 5.41) is 8.51. The van der Waals surface area contributed by atoms with E-state index in [2.05, 4.69) is 0 Å². The Labute approximate surface area is 125 Å². The molecule has 1 aliphatic rings. The van der Waals surface area contributed by atoms with Crippen molar-refractivity contribution in [3.8, 4) is 0 Å². The first-order valence-corrected chi connectivity index (χ1v) is 9.45. The van der Waals surface area contributed by atoms with Crippen molar-refractivity contribution >= 4 is 26.2 Å². The molecule has 0 bridgehead atoms. The van der Waals surface area contributed by atoms with Gasteiger partial charge in [-0.15, -0.1) is 0 Å². The van der Waals surface area contributed by atoms with E-state index < -0.39 is 26.2 Å². The van der Waals surface area contributed by atoms with Crippen molar-refractivity contribution in [2.45, 2.75) is 12.8 Å². The maximum Gasteiger partial charge on any atom is 0.303 e. The van der Waals surface area contributed by atoms with Crippen LogP contribution in [0.15, 0.2) is 0 Å². The van der Waals surface area contributed by atoms with Crippen LogP contribution >= 0.6 is 0 Å². The number of nitrogens with zero attached hydrogens (tertiary/aromatic N) is 3. The van der Waals surface area contributed by atoms with E-state index in [0.717, 1.165) is 4.31 Å². The van der Waals surface area contributed by atoms with Gasteiger partial charge in [0, 0.05) is 46.7 Å². The molecule has 9 nitrogen and oxygen atoms in total. The smallest absolute Gasteiger partial charge is 0.303 e. The molecule has 0 saturated carbocycles. The zero-order valence-corrected chi connectivity index (χ0v) is 13.7. The average Bonchev–Trinajstić information content (AvgIpc) is 2.38. The molecule has 1 rings (SSSR count). The average molecular weight is 343 g/mol. The zero-order chi connectivity index (χ0) is 16.3. The van der Waals surface area contributed by atoms with Crippen molar-refractivity contribution in [2.75, 3.05) is 46.0 Å². The number of carboxylic acids is 1. The number of piperazine rings is 1. The second kappa shape index (κ2) is 7.01. The van der Waals surface area contributed by atoms with E-state index in [9.17, 15) is 21.6 Å². The number of hydrogen-bond acceptors (Lipinski definition) is 5. The lowest BCUT2D eigenvalue weighted by molar-refractivity contribution is -0.137. The van der Waals surface area contributed by atoms with E-state index in [4.69, 9.17) is 5.11 Å². The highest BCUT2D eigenvalue weighted by Crippen LogP contribution is 2.13. The largest absolute Gasteiger partial charge is 0.481 e. The Morgan fingerprint density at radius 1 is 1.05 bits per heavy atom. The lowest BCUT2D eigenvalue weighted by atomic mass is 10.3. The molecule has 0 aromatic rings. The van der Waals surface area contributed by atoms with Crippen molar-refractivity contribution in [1.29, 1.82) is 0 Å². The van der Waals surface area contributed by atoms with Crippen LogP contribution in [-0.2, 0) is 25.0 Å². The quantitative estimate of drug-likeness (QED) is 0.608. The van der Waals surface area contributed by atoms with Gasteiger partial charge in [-0.05, 0) is 6.42 Å². The maximum atomic E-state index is 12.0. The molecule has 0 spiro atoms. The minimum absolute atomic E-state index is 0.0495. The van der Waals surface area contributed by atoms with Gasteiger partial charge in [0.2, 0.25) is 10.0 Å². The molecule has 1 heterocycles. The molecule has 124 valence electrons. The first-order chi connectivity index (χ1) is 9.57. The Morgan fingerprint density at radius 2 is 1.52 bits per heavy atom. The highest BCUT2D eigenvalue weighted by molar-refractivity contribution is 7.89. The van der Waals surface area contributed by atoms with E-state index in [1.54, 1.807) is 0 Å². The van der Waals surface area contributed by atoms with E-state index in [0.29, 0.717) is 0 Å². The summed E-state index contributed by atoms with van der Waals surface area (Å²) in [5.74, 6) is -1.27. The minimum atomic E-state index is -3.53. The highest BCUT2D eigenvalue weighted by atomic mass is 32.2. The fourth-order valence-electron chi connectivity index (χ4n) is 1.94. The van der Waals surface area contributed by atoms with Crippen LogP contribution in [0.4, 0.5) is 0 Å². The standard InChI is InChI=1S/C10H21N3O6S2/c1-11(2)21(18,19)13-7-5-12(6-8-13)20(16,17)9-3-4-10(14)15/h3-9H2,1-2H3,(H,14,15). The van der Waals surface area contributed by atoms with Crippen molar-refractivity contribution < 1.29 is 26.7 Å². The third-order valence-corrected chi connectivity index (χ3v) is 7.07. The summed E-state index contributed by atoms with van der Waals surface area (Å²) in [5.41, 5.74) is 0. The van der Waals surface area contributed by atoms with Gasteiger partial charge in [0.15, 0.2) is 0 Å². The predicted octanol–water partition coefficient (Wildman–Crippen LogP) is -1.39. The van der Waals surface area contributed by atoms with E-state index in [-0.39, 0.29) is 44.8 Å². The third kappa shape index (κ3) is 4.88. The van der Waals surface area contributed by atoms with Gasteiger partial charge in [-0.2, -0.15) is 21.3 Å². The summed E-state index contributed by atoms with van der Waals surface area (Å²) in [4.78, 5) is 10.4. The highest BCUT2D eigenvalue weighted by Gasteiger charge is 2.32. The van der Waals surface area contributed by atoms with E-state index in [1.165, 1.54) is 22.7 Å². The SMILES string of the molecule is CN(C)S(=O)(=O)N1CCN(S(=O)(=O)CCCC(=O)O)CC1. The zero-order valence-electron chi connectivity index (χ0n) is 12.1. The number of carbonyl (C=O) groups is 1. The van der Waals surface area contributed by atoms with Crippen LogP contribution in [0.1, 0.15) is 12.8 Å². The van der Waals surface area contributed by atoms with Crippen LogP contribution in [-0.4, -0.2) is 86.9 Å². The van der Waals surface area contributed by atoms with Crippen LogP contribution in [0.3, 0.4) is 0 Å². The van der Waals surface area contributed by atoms with Crippen molar-refractivity contribution in [3.63, 3.8) is 0 Å². The Kier molecular flexibility index (Phi) is 6.11. The van der Waals surface area contributed by atoms with Gasteiger partial charge in [0.25, 0.3) is 10.2 Å². The Bertz CT molecular complexity index is 564. The van der Waals surface area contributed by atoms with Gasteiger partial charge in [-0.3, -0.25) is 4.79 Å². The summed E-state index contributed by atoms with van der Waals surface area (Å²) in [7, 11) is -4.22. The molecule has 0 aromatic heterocycles. The molecule has 0 aromatic carbocycles. The molecule has 0 radical (unpaired) electrons. The van der Waals surface area contributed by atoms with Crippen LogP contribution in [0.2, 0.25) is 0 Å². The molecule has 21 heavy (non-hydrogen) atoms. The number of sulfonamides is 1. The first kappa shape index (κ1) is 18.3. The van der Waals surface area contributed by atoms with E-state index >= 15 is 0 Å². The maximum absolute atomic E-state index is 12.0. The second-order valence-corrected chi connectivity index (χ2v) is 9.13. The number of hydrogen-bond donors (Lipinski definition) is 1. The molecule has 1 fully saturated rings. The van der Waals surface area contributed by atoms with Crippen molar-refractivity contribution in [2.24, 2.45) is 0 Å². The minimum Gasteiger partial charge on any atom is -0.481 e. The van der Waals surface area contributed by atoms with Gasteiger partial charge in [0.1, 0.15) is 0 Å². The summed E-state index contributed by atoms with van der Waals surface area (Å²) < 4.78 is 51.4. The second-order valence-electron chi connectivity index (χ2n) is 4.90. The third-order valence-electron chi connectivity index (χ3n) is 3.17. The summed E-state index contributed by atoms with van der Waals surface area (Å²) >= 11 is 0. The van der Waals surface area contributed by atoms with Gasteiger partial charge in [-0.25, -0.2) is 8.42 Å². The van der Waals surface area contributed by atoms with E-state index in [1.807, 2.05) is 0 Å². The fourth-order valence-corrected chi connectivity index (χ4v) is 4.52. The van der Waals surface area contributed by atoms with Crippen molar-refractivity contribution in [1.82, 2.24) is 12.9 Å². The molecular formula is C10H21N3O6S2. The van der Waals surface area contributed by atoms with Gasteiger partial charge < -0.3 is 5.11 Å². The first-order valence-electron chi connectivity index (χ1n) is 6.44. The molecule has 0 amide bonds. The number of carboxylic acid groups (broad SMARTS) is 1. The Morgan fingerprint density at radius 3 is 1.95 bits per heavy atom. The number of rotatable bonds is 7. The number of aliphatic carboxylic acids is 1. The van der Waals surface area contributed by atoms with Crippen LogP contribution < -0.4 is 0 Å². The lowest BCUT2D eigenvalue weighted by Crippen LogP contribution is -2.53. The summed E-state index contributed by atoms with van der Waals surface area (Å²) in [6.07, 6.45) is -0.151. The summed E-state index contributed by atoms with van der Waals surface area (Å²) in [6, 6.07) is 0. The molecule has 0 atom stereocenters. The molecule has 11 heteroatoms.